The summed E-state index contributed by atoms with van der Waals surface area (Å²) in [6.45, 7) is 2.95. The molecule has 1 heterocycles. The van der Waals surface area contributed by atoms with Crippen LogP contribution in [0.5, 0.6) is 0 Å². The molecule has 0 aromatic heterocycles. The Morgan fingerprint density at radius 2 is 2.28 bits per heavy atom. The number of carbonyl (C=O) groups excluding carboxylic acids is 1. The second-order valence-electron chi connectivity index (χ2n) is 4.60. The van der Waals surface area contributed by atoms with E-state index in [-0.39, 0.29) is 11.9 Å². The van der Waals surface area contributed by atoms with Gasteiger partial charge in [-0.25, -0.2) is 0 Å². The number of nitrogens with one attached hydrogen (secondary N) is 1. The van der Waals surface area contributed by atoms with Gasteiger partial charge < -0.3 is 10.2 Å². The van der Waals surface area contributed by atoms with Crippen LogP contribution in [0.3, 0.4) is 0 Å². The molecule has 1 N–H and O–H groups in total. The summed E-state index contributed by atoms with van der Waals surface area (Å²) in [5, 5.41) is 3.10. The summed E-state index contributed by atoms with van der Waals surface area (Å²) < 4.78 is 1.07. The smallest absolute Gasteiger partial charge is 0.244 e. The number of aryl methyl sites for hydroxylation is 1. The molecule has 98 valence electrons. The van der Waals surface area contributed by atoms with Gasteiger partial charge in [-0.15, -0.1) is 0 Å². The number of halogens is 1. The highest BCUT2D eigenvalue weighted by atomic mass is 79.9. The van der Waals surface area contributed by atoms with Crippen molar-refractivity contribution in [3.8, 4) is 0 Å². The first-order valence-electron chi connectivity index (χ1n) is 6.44. The molecule has 18 heavy (non-hydrogen) atoms. The number of hydrogen-bond donors (Lipinski definition) is 1. The van der Waals surface area contributed by atoms with Crippen molar-refractivity contribution in [2.24, 2.45) is 0 Å². The normalized spacial score (nSPS) is 20.3. The summed E-state index contributed by atoms with van der Waals surface area (Å²) in [5.74, 6) is 0.195. The zero-order chi connectivity index (χ0) is 13.1. The van der Waals surface area contributed by atoms with Crippen molar-refractivity contribution in [3.05, 3.63) is 28.2 Å². The minimum absolute atomic E-state index is 0.0351. The Morgan fingerprint density at radius 3 is 2.94 bits per heavy atom. The summed E-state index contributed by atoms with van der Waals surface area (Å²) in [7, 11) is 1.86. The van der Waals surface area contributed by atoms with Gasteiger partial charge in [-0.2, -0.15) is 0 Å². The van der Waals surface area contributed by atoms with Crippen LogP contribution in [-0.2, 0) is 11.2 Å². The van der Waals surface area contributed by atoms with Crippen molar-refractivity contribution in [1.29, 1.82) is 0 Å². The number of piperidine rings is 1. The van der Waals surface area contributed by atoms with E-state index in [9.17, 15) is 4.79 Å². The average molecular weight is 311 g/mol. The molecule has 0 saturated carbocycles. The lowest BCUT2D eigenvalue weighted by molar-refractivity contribution is -0.121. The van der Waals surface area contributed by atoms with E-state index in [1.807, 2.05) is 24.1 Å². The fourth-order valence-corrected chi connectivity index (χ4v) is 2.89. The number of amides is 1. The molecule has 0 spiro atoms. The largest absolute Gasteiger partial charge is 0.311 e. The van der Waals surface area contributed by atoms with E-state index in [0.717, 1.165) is 36.0 Å². The molecule has 1 saturated heterocycles. The van der Waals surface area contributed by atoms with Crippen LogP contribution in [0.25, 0.3) is 0 Å². The van der Waals surface area contributed by atoms with E-state index in [4.69, 9.17) is 0 Å². The lowest BCUT2D eigenvalue weighted by Gasteiger charge is -2.33. The number of anilines is 1. The topological polar surface area (TPSA) is 32.3 Å². The molecule has 1 amide bonds. The maximum absolute atomic E-state index is 12.4. The van der Waals surface area contributed by atoms with Gasteiger partial charge in [0.2, 0.25) is 5.91 Å². The van der Waals surface area contributed by atoms with Gasteiger partial charge in [0.25, 0.3) is 0 Å². The van der Waals surface area contributed by atoms with Gasteiger partial charge in [0, 0.05) is 16.7 Å². The number of hydrogen-bond acceptors (Lipinski definition) is 2. The second kappa shape index (κ2) is 5.85. The van der Waals surface area contributed by atoms with Crippen molar-refractivity contribution >= 4 is 27.5 Å². The van der Waals surface area contributed by atoms with Crippen LogP contribution >= 0.6 is 15.9 Å². The molecule has 3 nitrogen and oxygen atoms in total. The van der Waals surface area contributed by atoms with Gasteiger partial charge in [0.15, 0.2) is 0 Å². The van der Waals surface area contributed by atoms with Gasteiger partial charge in [-0.3, -0.25) is 4.79 Å². The van der Waals surface area contributed by atoms with Crippen molar-refractivity contribution < 1.29 is 4.79 Å². The molecule has 1 aromatic rings. The van der Waals surface area contributed by atoms with Crippen LogP contribution in [0.4, 0.5) is 5.69 Å². The van der Waals surface area contributed by atoms with Crippen LogP contribution in [0, 0.1) is 0 Å². The standard InChI is InChI=1S/C14H19BrN2O/c1-3-10-9-11(15)6-7-13(10)17-8-4-5-12(16-2)14(17)18/h6-7,9,12,16H,3-5,8H2,1-2H3. The molecule has 0 aliphatic carbocycles. The quantitative estimate of drug-likeness (QED) is 0.931. The summed E-state index contributed by atoms with van der Waals surface area (Å²) in [5.41, 5.74) is 2.28. The molecule has 2 rings (SSSR count). The zero-order valence-corrected chi connectivity index (χ0v) is 12.5. The lowest BCUT2D eigenvalue weighted by Crippen LogP contribution is -2.50. The number of nitrogens with zero attached hydrogens (tertiary/aromatic N) is 1. The van der Waals surface area contributed by atoms with Crippen LogP contribution in [0.15, 0.2) is 22.7 Å². The Labute approximate surface area is 117 Å². The van der Waals surface area contributed by atoms with Gasteiger partial charge in [-0.1, -0.05) is 22.9 Å². The van der Waals surface area contributed by atoms with Crippen molar-refractivity contribution in [2.45, 2.75) is 32.2 Å². The number of carbonyl (C=O) groups is 1. The summed E-state index contributed by atoms with van der Waals surface area (Å²) >= 11 is 3.49. The molecule has 1 unspecified atom stereocenters. The molecular weight excluding hydrogens is 292 g/mol. The second-order valence-corrected chi connectivity index (χ2v) is 5.52. The van der Waals surface area contributed by atoms with E-state index in [1.165, 1.54) is 5.56 Å². The Balaban J connectivity index is 2.33. The minimum atomic E-state index is -0.0351. The molecule has 0 bridgehead atoms. The van der Waals surface area contributed by atoms with Crippen molar-refractivity contribution in [1.82, 2.24) is 5.32 Å². The van der Waals surface area contributed by atoms with Gasteiger partial charge >= 0.3 is 0 Å². The van der Waals surface area contributed by atoms with Gasteiger partial charge in [0.05, 0.1) is 6.04 Å². The monoisotopic (exact) mass is 310 g/mol. The highest BCUT2D eigenvalue weighted by molar-refractivity contribution is 9.10. The number of likely N-dealkylation sites (N-methyl/N-ethyl adjacent to an activating group) is 1. The SMILES string of the molecule is CCc1cc(Br)ccc1N1CCCC(NC)C1=O. The lowest BCUT2D eigenvalue weighted by atomic mass is 10.0. The molecule has 1 aliphatic heterocycles. The first kappa shape index (κ1) is 13.6. The van der Waals surface area contributed by atoms with E-state index < -0.39 is 0 Å². The molecule has 0 radical (unpaired) electrons. The number of rotatable bonds is 3. The zero-order valence-electron chi connectivity index (χ0n) is 10.9. The van der Waals surface area contributed by atoms with E-state index in [0.29, 0.717) is 0 Å². The van der Waals surface area contributed by atoms with E-state index >= 15 is 0 Å². The maximum atomic E-state index is 12.4. The van der Waals surface area contributed by atoms with Gasteiger partial charge in [-0.05, 0) is 50.1 Å². The molecule has 4 heteroatoms. The maximum Gasteiger partial charge on any atom is 0.244 e. The van der Waals surface area contributed by atoms with Crippen LogP contribution < -0.4 is 10.2 Å². The van der Waals surface area contributed by atoms with E-state index in [2.05, 4.69) is 34.2 Å². The molecular formula is C14H19BrN2O. The first-order valence-corrected chi connectivity index (χ1v) is 7.23. The summed E-state index contributed by atoms with van der Waals surface area (Å²) in [4.78, 5) is 14.3. The Bertz CT molecular complexity index is 447. The molecule has 1 aromatic carbocycles. The Hall–Kier alpha value is -0.870. The van der Waals surface area contributed by atoms with Crippen LogP contribution in [-0.4, -0.2) is 25.5 Å². The highest BCUT2D eigenvalue weighted by Crippen LogP contribution is 2.28. The van der Waals surface area contributed by atoms with Crippen LogP contribution in [0.2, 0.25) is 0 Å². The third-order valence-electron chi connectivity index (χ3n) is 3.50. The summed E-state index contributed by atoms with van der Waals surface area (Å²) in [6, 6.07) is 6.11. The molecule has 1 aliphatic rings. The Morgan fingerprint density at radius 1 is 1.50 bits per heavy atom. The third-order valence-corrected chi connectivity index (χ3v) is 3.99. The Kier molecular flexibility index (Phi) is 4.40. The highest BCUT2D eigenvalue weighted by Gasteiger charge is 2.29. The summed E-state index contributed by atoms with van der Waals surface area (Å²) in [6.07, 6.45) is 2.92. The van der Waals surface area contributed by atoms with Gasteiger partial charge in [0.1, 0.15) is 0 Å². The first-order chi connectivity index (χ1) is 8.67. The number of benzene rings is 1. The van der Waals surface area contributed by atoms with Crippen LogP contribution in [0.1, 0.15) is 25.3 Å². The third kappa shape index (κ3) is 2.59. The average Bonchev–Trinajstić information content (AvgIpc) is 2.39. The molecule has 1 fully saturated rings. The predicted molar refractivity (Wildman–Crippen MR) is 78.0 cm³/mol. The fourth-order valence-electron chi connectivity index (χ4n) is 2.48. The minimum Gasteiger partial charge on any atom is -0.311 e. The fraction of sp³-hybridized carbons (Fsp3) is 0.500. The van der Waals surface area contributed by atoms with Crippen molar-refractivity contribution in [3.63, 3.8) is 0 Å². The predicted octanol–water partition coefficient (Wildman–Crippen LogP) is 2.73. The van der Waals surface area contributed by atoms with Crippen molar-refractivity contribution in [2.75, 3.05) is 18.5 Å². The van der Waals surface area contributed by atoms with E-state index in [1.54, 1.807) is 0 Å². The molecule has 1 atom stereocenters.